The van der Waals surface area contributed by atoms with Crippen molar-refractivity contribution in [1.82, 2.24) is 20.2 Å². The molecule has 22 heavy (non-hydrogen) atoms. The maximum absolute atomic E-state index is 12.2. The third kappa shape index (κ3) is 3.06. The van der Waals surface area contributed by atoms with Crippen LogP contribution in [0.4, 0.5) is 0 Å². The number of benzene rings is 2. The number of hydrogen-bond donors (Lipinski definition) is 1. The zero-order chi connectivity index (χ0) is 15.4. The SMILES string of the molecule is O=C(/C=C/c1ccc(O)cc1)c1cccc(-n2cnnn2)c1. The number of hydrogen-bond acceptors (Lipinski definition) is 5. The summed E-state index contributed by atoms with van der Waals surface area (Å²) in [6, 6.07) is 13.7. The van der Waals surface area contributed by atoms with Crippen LogP contribution in [0.1, 0.15) is 15.9 Å². The van der Waals surface area contributed by atoms with E-state index in [1.54, 1.807) is 48.5 Å². The lowest BCUT2D eigenvalue weighted by molar-refractivity contribution is 0.104. The Kier molecular flexibility index (Phi) is 3.74. The fraction of sp³-hybridized carbons (Fsp3) is 0. The van der Waals surface area contributed by atoms with E-state index in [-0.39, 0.29) is 11.5 Å². The molecule has 6 nitrogen and oxygen atoms in total. The molecule has 0 atom stereocenters. The van der Waals surface area contributed by atoms with Gasteiger partial charge in [-0.25, -0.2) is 4.68 Å². The maximum atomic E-state index is 12.2. The molecule has 0 aliphatic heterocycles. The number of aromatic nitrogens is 4. The molecule has 3 aromatic rings. The van der Waals surface area contributed by atoms with Crippen LogP contribution in [0.3, 0.4) is 0 Å². The van der Waals surface area contributed by atoms with Crippen molar-refractivity contribution in [1.29, 1.82) is 0 Å². The minimum Gasteiger partial charge on any atom is -0.508 e. The van der Waals surface area contributed by atoms with Gasteiger partial charge in [-0.1, -0.05) is 30.3 Å². The van der Waals surface area contributed by atoms with E-state index in [4.69, 9.17) is 0 Å². The van der Waals surface area contributed by atoms with Gasteiger partial charge in [0.25, 0.3) is 0 Å². The predicted octanol–water partition coefficient (Wildman–Crippen LogP) is 2.26. The summed E-state index contributed by atoms with van der Waals surface area (Å²) in [6.07, 6.45) is 4.66. The highest BCUT2D eigenvalue weighted by atomic mass is 16.3. The van der Waals surface area contributed by atoms with Crippen molar-refractivity contribution in [3.8, 4) is 11.4 Å². The van der Waals surface area contributed by atoms with Crippen molar-refractivity contribution in [3.63, 3.8) is 0 Å². The number of tetrazole rings is 1. The number of carbonyl (C=O) groups excluding carboxylic acids is 1. The van der Waals surface area contributed by atoms with Crippen LogP contribution >= 0.6 is 0 Å². The second-order valence-corrected chi connectivity index (χ2v) is 4.59. The van der Waals surface area contributed by atoms with Gasteiger partial charge in [0.1, 0.15) is 12.1 Å². The van der Waals surface area contributed by atoms with Gasteiger partial charge in [0, 0.05) is 5.56 Å². The van der Waals surface area contributed by atoms with Gasteiger partial charge in [-0.15, -0.1) is 5.10 Å². The van der Waals surface area contributed by atoms with Gasteiger partial charge in [0.15, 0.2) is 5.78 Å². The lowest BCUT2D eigenvalue weighted by Gasteiger charge is -2.01. The third-order valence-corrected chi connectivity index (χ3v) is 3.06. The topological polar surface area (TPSA) is 80.9 Å². The van der Waals surface area contributed by atoms with Crippen LogP contribution in [0, 0.1) is 0 Å². The molecule has 3 rings (SSSR count). The Balaban J connectivity index is 1.80. The summed E-state index contributed by atoms with van der Waals surface area (Å²) >= 11 is 0. The maximum Gasteiger partial charge on any atom is 0.185 e. The third-order valence-electron chi connectivity index (χ3n) is 3.06. The lowest BCUT2D eigenvalue weighted by Crippen LogP contribution is -1.99. The van der Waals surface area contributed by atoms with Crippen LogP contribution in [-0.4, -0.2) is 31.1 Å². The first kappa shape index (κ1) is 13.7. The van der Waals surface area contributed by atoms with E-state index in [2.05, 4.69) is 15.5 Å². The van der Waals surface area contributed by atoms with E-state index >= 15 is 0 Å². The second-order valence-electron chi connectivity index (χ2n) is 4.59. The summed E-state index contributed by atoms with van der Waals surface area (Å²) in [7, 11) is 0. The van der Waals surface area contributed by atoms with Crippen LogP contribution in [0.15, 0.2) is 60.9 Å². The molecular formula is C16H12N4O2. The highest BCUT2D eigenvalue weighted by Gasteiger charge is 2.05. The normalized spacial score (nSPS) is 10.9. The fourth-order valence-corrected chi connectivity index (χ4v) is 1.93. The highest BCUT2D eigenvalue weighted by molar-refractivity contribution is 6.07. The smallest absolute Gasteiger partial charge is 0.185 e. The molecule has 0 aliphatic carbocycles. The summed E-state index contributed by atoms with van der Waals surface area (Å²) in [6.45, 7) is 0. The molecule has 1 aromatic heterocycles. The van der Waals surface area contributed by atoms with Crippen molar-refractivity contribution < 1.29 is 9.90 Å². The zero-order valence-corrected chi connectivity index (χ0v) is 11.5. The first-order valence-electron chi connectivity index (χ1n) is 6.57. The Bertz CT molecular complexity index is 808. The molecule has 0 saturated carbocycles. The molecule has 2 aromatic carbocycles. The number of phenols is 1. The summed E-state index contributed by atoms with van der Waals surface area (Å²) in [5.74, 6) is 0.0700. The largest absolute Gasteiger partial charge is 0.508 e. The van der Waals surface area contributed by atoms with Crippen LogP contribution in [-0.2, 0) is 0 Å². The number of phenolic OH excluding ortho intramolecular Hbond substituents is 1. The second kappa shape index (κ2) is 6.01. The molecule has 0 saturated heterocycles. The first-order chi connectivity index (χ1) is 10.7. The Labute approximate surface area is 126 Å². The van der Waals surface area contributed by atoms with Crippen molar-refractivity contribution >= 4 is 11.9 Å². The monoisotopic (exact) mass is 292 g/mol. The van der Waals surface area contributed by atoms with Gasteiger partial charge in [-0.3, -0.25) is 4.79 Å². The van der Waals surface area contributed by atoms with E-state index in [1.807, 2.05) is 6.07 Å². The molecule has 1 N–H and O–H groups in total. The van der Waals surface area contributed by atoms with E-state index < -0.39 is 0 Å². The van der Waals surface area contributed by atoms with Crippen molar-refractivity contribution in [2.24, 2.45) is 0 Å². The van der Waals surface area contributed by atoms with Crippen LogP contribution in [0.5, 0.6) is 5.75 Å². The molecule has 108 valence electrons. The molecule has 0 aliphatic rings. The molecule has 0 amide bonds. The van der Waals surface area contributed by atoms with Crippen LogP contribution in [0.2, 0.25) is 0 Å². The number of nitrogens with zero attached hydrogens (tertiary/aromatic N) is 4. The molecule has 0 bridgehead atoms. The minimum atomic E-state index is -0.122. The van der Waals surface area contributed by atoms with Crippen molar-refractivity contribution in [3.05, 3.63) is 72.1 Å². The van der Waals surface area contributed by atoms with Crippen molar-refractivity contribution in [2.45, 2.75) is 0 Å². The summed E-state index contributed by atoms with van der Waals surface area (Å²) < 4.78 is 1.49. The average molecular weight is 292 g/mol. The molecule has 0 unspecified atom stereocenters. The molecule has 0 spiro atoms. The van der Waals surface area contributed by atoms with Crippen molar-refractivity contribution in [2.75, 3.05) is 0 Å². The summed E-state index contributed by atoms with van der Waals surface area (Å²) in [4.78, 5) is 12.2. The average Bonchev–Trinajstić information content (AvgIpc) is 3.09. The van der Waals surface area contributed by atoms with E-state index in [0.29, 0.717) is 11.3 Å². The first-order valence-corrected chi connectivity index (χ1v) is 6.57. The number of allylic oxidation sites excluding steroid dienone is 1. The Morgan fingerprint density at radius 2 is 1.95 bits per heavy atom. The molecule has 1 heterocycles. The quantitative estimate of drug-likeness (QED) is 0.589. The molecular weight excluding hydrogens is 280 g/mol. The lowest BCUT2D eigenvalue weighted by atomic mass is 10.1. The zero-order valence-electron chi connectivity index (χ0n) is 11.5. The molecule has 0 fully saturated rings. The minimum absolute atomic E-state index is 0.122. The predicted molar refractivity (Wildman–Crippen MR) is 80.6 cm³/mol. The number of aromatic hydroxyl groups is 1. The van der Waals surface area contributed by atoms with E-state index in [1.165, 1.54) is 17.1 Å². The fourth-order valence-electron chi connectivity index (χ4n) is 1.93. The number of rotatable bonds is 4. The van der Waals surface area contributed by atoms with Crippen LogP contribution in [0.25, 0.3) is 11.8 Å². The van der Waals surface area contributed by atoms with Gasteiger partial charge >= 0.3 is 0 Å². The molecule has 6 heteroatoms. The van der Waals surface area contributed by atoms with Gasteiger partial charge in [-0.2, -0.15) is 0 Å². The highest BCUT2D eigenvalue weighted by Crippen LogP contribution is 2.13. The Morgan fingerprint density at radius 3 is 2.68 bits per heavy atom. The standard InChI is InChI=1S/C16H12N4O2/c21-15-7-4-12(5-8-15)6-9-16(22)13-2-1-3-14(10-13)20-11-17-18-19-20/h1-11,21H/b9-6+. The number of ketones is 1. The van der Waals surface area contributed by atoms with Gasteiger partial charge < -0.3 is 5.11 Å². The van der Waals surface area contributed by atoms with E-state index in [9.17, 15) is 9.90 Å². The van der Waals surface area contributed by atoms with Gasteiger partial charge in [-0.05, 0) is 46.3 Å². The van der Waals surface area contributed by atoms with E-state index in [0.717, 1.165) is 5.56 Å². The number of carbonyl (C=O) groups is 1. The Morgan fingerprint density at radius 1 is 1.14 bits per heavy atom. The van der Waals surface area contributed by atoms with Crippen LogP contribution < -0.4 is 0 Å². The Hall–Kier alpha value is -3.28. The summed E-state index contributed by atoms with van der Waals surface area (Å²) in [5.41, 5.74) is 2.10. The molecule has 0 radical (unpaired) electrons. The van der Waals surface area contributed by atoms with Gasteiger partial charge in [0.05, 0.1) is 5.69 Å². The van der Waals surface area contributed by atoms with Gasteiger partial charge in [0.2, 0.25) is 0 Å². The summed E-state index contributed by atoms with van der Waals surface area (Å²) in [5, 5.41) is 20.2.